The molecule has 3 aromatic rings. The van der Waals surface area contributed by atoms with Crippen molar-refractivity contribution in [1.82, 2.24) is 5.32 Å². The molecule has 0 saturated carbocycles. The van der Waals surface area contributed by atoms with Crippen LogP contribution in [-0.4, -0.2) is 86.7 Å². The first-order valence-corrected chi connectivity index (χ1v) is 19.9. The summed E-state index contributed by atoms with van der Waals surface area (Å²) >= 11 is 5.72. The molecule has 7 rings (SSSR count). The summed E-state index contributed by atoms with van der Waals surface area (Å²) in [4.78, 5) is 31.8. The zero-order valence-electron chi connectivity index (χ0n) is 28.3. The molecule has 48 heavy (non-hydrogen) atoms. The molecule has 0 atom stereocenters. The van der Waals surface area contributed by atoms with Crippen LogP contribution in [0.3, 0.4) is 0 Å². The van der Waals surface area contributed by atoms with Crippen LogP contribution in [0.15, 0.2) is 42.5 Å². The summed E-state index contributed by atoms with van der Waals surface area (Å²) in [5, 5.41) is 5.53. The molecule has 0 saturated heterocycles. The molecule has 4 heterocycles. The molecule has 1 spiro atoms. The largest absolute Gasteiger partial charge is 0.441 e. The number of amides is 1. The van der Waals surface area contributed by atoms with Gasteiger partial charge in [0.05, 0.1) is 25.4 Å². The van der Waals surface area contributed by atoms with Crippen molar-refractivity contribution in [3.8, 4) is 0 Å². The van der Waals surface area contributed by atoms with Crippen LogP contribution in [0.4, 0.5) is 11.4 Å². The van der Waals surface area contributed by atoms with Gasteiger partial charge in [0.1, 0.15) is 8.80 Å². The maximum absolute atomic E-state index is 13.7. The van der Waals surface area contributed by atoms with Gasteiger partial charge in [-0.3, -0.25) is 4.79 Å². The van der Waals surface area contributed by atoms with Gasteiger partial charge in [-0.25, -0.2) is 4.79 Å². The Morgan fingerprint density at radius 3 is 2.12 bits per heavy atom. The number of anilines is 2. The molecule has 4 aliphatic rings. The lowest BCUT2D eigenvalue weighted by molar-refractivity contribution is 0.0255. The second kappa shape index (κ2) is 13.9. The number of halogens is 1. The van der Waals surface area contributed by atoms with Crippen molar-refractivity contribution in [3.63, 3.8) is 0 Å². The van der Waals surface area contributed by atoms with E-state index in [0.29, 0.717) is 37.5 Å². The van der Waals surface area contributed by atoms with E-state index >= 15 is 0 Å². The number of esters is 1. The number of nitrogens with zero attached hydrogens (tertiary/aromatic N) is 2. The number of carbonyl (C=O) groups is 2. The van der Waals surface area contributed by atoms with Crippen LogP contribution >= 0.6 is 11.6 Å². The summed E-state index contributed by atoms with van der Waals surface area (Å²) in [6.45, 7) is 6.81. The molecule has 10 heteroatoms. The quantitative estimate of drug-likeness (QED) is 0.125. The summed E-state index contributed by atoms with van der Waals surface area (Å²) < 4.78 is 18.0. The number of benzene rings is 3. The molecular formula is C38H45ClN3O5Si. The molecule has 0 aliphatic carbocycles. The molecular weight excluding hydrogens is 642 g/mol. The number of fused-ring (bicyclic) bond motifs is 8. The summed E-state index contributed by atoms with van der Waals surface area (Å²) in [5.41, 5.74) is 7.88. The lowest BCUT2D eigenvalue weighted by atomic mass is 9.77. The number of ether oxygens (including phenoxy) is 3. The Balaban J connectivity index is 1.13. The Labute approximate surface area is 290 Å². The third-order valence-electron chi connectivity index (χ3n) is 10.5. The minimum absolute atomic E-state index is 0.202. The maximum Gasteiger partial charge on any atom is 0.340 e. The predicted molar refractivity (Wildman–Crippen MR) is 193 cm³/mol. The van der Waals surface area contributed by atoms with Gasteiger partial charge in [0.25, 0.3) is 5.91 Å². The lowest BCUT2D eigenvalue weighted by Gasteiger charge is -2.40. The van der Waals surface area contributed by atoms with Crippen molar-refractivity contribution in [2.24, 2.45) is 0 Å². The Hall–Kier alpha value is -3.37. The molecule has 3 aromatic carbocycles. The number of nitrogens with one attached hydrogen (secondary N) is 1. The zero-order chi connectivity index (χ0) is 33.4. The van der Waals surface area contributed by atoms with Crippen molar-refractivity contribution >= 4 is 54.0 Å². The minimum Gasteiger partial charge on any atom is -0.441 e. The van der Waals surface area contributed by atoms with Crippen LogP contribution in [0.5, 0.6) is 0 Å². The maximum atomic E-state index is 13.7. The fourth-order valence-corrected chi connectivity index (χ4v) is 10.3. The molecule has 0 fully saturated rings. The van der Waals surface area contributed by atoms with Crippen LogP contribution in [0.1, 0.15) is 74.2 Å². The number of unbranched alkanes of at least 4 members (excludes halogenated alkanes) is 3. The SMILES string of the molecule is CN1CCc2cc3c(cc21)[Si](C)c1cc2c(cc1C31OC(=O)c3ccc(C(=O)NCCOCCOCCCCCCCl)cc31)CCN2C. The van der Waals surface area contributed by atoms with E-state index in [4.69, 9.17) is 25.8 Å². The summed E-state index contributed by atoms with van der Waals surface area (Å²) in [6, 6.07) is 14.7. The molecule has 1 radical (unpaired) electrons. The van der Waals surface area contributed by atoms with E-state index in [1.165, 1.54) is 32.9 Å². The van der Waals surface area contributed by atoms with E-state index in [1.54, 1.807) is 12.1 Å². The van der Waals surface area contributed by atoms with E-state index < -0.39 is 14.4 Å². The van der Waals surface area contributed by atoms with Crippen LogP contribution < -0.4 is 25.5 Å². The third kappa shape index (κ3) is 5.82. The molecule has 1 N–H and O–H groups in total. The first-order chi connectivity index (χ1) is 23.3. The summed E-state index contributed by atoms with van der Waals surface area (Å²) in [5.74, 6) is 0.170. The topological polar surface area (TPSA) is 80.3 Å². The normalized spacial score (nSPS) is 16.9. The Bertz CT molecular complexity index is 1660. The molecule has 0 bridgehead atoms. The Morgan fingerprint density at radius 2 is 1.48 bits per heavy atom. The Morgan fingerprint density at radius 1 is 0.854 bits per heavy atom. The van der Waals surface area contributed by atoms with Crippen LogP contribution in [0.2, 0.25) is 6.55 Å². The number of hydrogen-bond donors (Lipinski definition) is 1. The van der Waals surface area contributed by atoms with Crippen molar-refractivity contribution in [2.45, 2.75) is 50.7 Å². The summed E-state index contributed by atoms with van der Waals surface area (Å²) in [6.07, 6.45) is 6.25. The van der Waals surface area contributed by atoms with E-state index in [1.807, 2.05) is 6.07 Å². The van der Waals surface area contributed by atoms with E-state index in [-0.39, 0.29) is 11.9 Å². The predicted octanol–water partition coefficient (Wildman–Crippen LogP) is 4.25. The summed E-state index contributed by atoms with van der Waals surface area (Å²) in [7, 11) is 3.12. The fraction of sp³-hybridized carbons (Fsp3) is 0.474. The Kier molecular flexibility index (Phi) is 9.57. The van der Waals surface area contributed by atoms with Crippen LogP contribution in [-0.2, 0) is 32.7 Å². The lowest BCUT2D eigenvalue weighted by Crippen LogP contribution is -2.55. The zero-order valence-corrected chi connectivity index (χ0v) is 30.0. The monoisotopic (exact) mass is 686 g/mol. The molecule has 1 amide bonds. The highest BCUT2D eigenvalue weighted by molar-refractivity contribution is 6.85. The van der Waals surface area contributed by atoms with Gasteiger partial charge in [-0.1, -0.05) is 19.4 Å². The van der Waals surface area contributed by atoms with Gasteiger partial charge in [-0.05, 0) is 89.6 Å². The van der Waals surface area contributed by atoms with E-state index in [0.717, 1.165) is 80.8 Å². The second-order valence-corrected chi connectivity index (χ2v) is 16.1. The van der Waals surface area contributed by atoms with Gasteiger partial charge in [0.15, 0.2) is 5.60 Å². The van der Waals surface area contributed by atoms with Gasteiger partial charge >= 0.3 is 5.97 Å². The average Bonchev–Trinajstić information content (AvgIpc) is 3.75. The fourth-order valence-electron chi connectivity index (χ4n) is 7.80. The highest BCUT2D eigenvalue weighted by Gasteiger charge is 2.54. The molecule has 0 aromatic heterocycles. The minimum atomic E-state index is -1.18. The third-order valence-corrected chi connectivity index (χ3v) is 13.2. The first-order valence-electron chi connectivity index (χ1n) is 17.3. The van der Waals surface area contributed by atoms with Gasteiger partial charge in [-0.2, -0.15) is 0 Å². The van der Waals surface area contributed by atoms with Gasteiger partial charge in [0, 0.05) is 79.8 Å². The van der Waals surface area contributed by atoms with Crippen LogP contribution in [0.25, 0.3) is 0 Å². The number of hydrogen-bond acceptors (Lipinski definition) is 7. The second-order valence-electron chi connectivity index (χ2n) is 13.4. The molecule has 4 aliphatic heterocycles. The number of rotatable bonds is 13. The average molecular weight is 687 g/mol. The van der Waals surface area contributed by atoms with Crippen LogP contribution in [0, 0.1) is 0 Å². The van der Waals surface area contributed by atoms with Gasteiger partial charge in [0.2, 0.25) is 0 Å². The molecule has 253 valence electrons. The molecule has 8 nitrogen and oxygen atoms in total. The number of alkyl halides is 1. The van der Waals surface area contributed by atoms with Crippen molar-refractivity contribution in [2.75, 3.05) is 75.8 Å². The highest BCUT2D eigenvalue weighted by Crippen LogP contribution is 2.50. The van der Waals surface area contributed by atoms with Crippen molar-refractivity contribution in [3.05, 3.63) is 81.4 Å². The first kappa shape index (κ1) is 33.1. The molecule has 0 unspecified atom stereocenters. The van der Waals surface area contributed by atoms with Crippen molar-refractivity contribution < 1.29 is 23.8 Å². The number of likely N-dealkylation sites (N-methyl/N-ethyl adjacent to an activating group) is 2. The highest BCUT2D eigenvalue weighted by atomic mass is 35.5. The smallest absolute Gasteiger partial charge is 0.340 e. The van der Waals surface area contributed by atoms with Crippen molar-refractivity contribution in [1.29, 1.82) is 0 Å². The number of carbonyl (C=O) groups excluding carboxylic acids is 2. The van der Waals surface area contributed by atoms with Gasteiger partial charge in [-0.15, -0.1) is 11.6 Å². The standard InChI is InChI=1S/C38H45ClN3O5Si/c1-41-14-10-25-20-30-34(23-32(25)41)48(3)35-24-33-26(11-15-42(33)2)21-31(35)38(30)29-22-27(8-9-28(29)37(44)47-38)36(43)40-13-17-46-19-18-45-16-7-5-4-6-12-39/h8-9,20-24H,4-7,10-19H2,1-3H3,(H,40,43). The van der Waals surface area contributed by atoms with E-state index in [2.05, 4.69) is 60.0 Å². The van der Waals surface area contributed by atoms with Gasteiger partial charge < -0.3 is 29.3 Å². The van der Waals surface area contributed by atoms with E-state index in [9.17, 15) is 9.59 Å².